The summed E-state index contributed by atoms with van der Waals surface area (Å²) in [5, 5.41) is 9.07. The predicted octanol–water partition coefficient (Wildman–Crippen LogP) is 3.79. The summed E-state index contributed by atoms with van der Waals surface area (Å²) in [7, 11) is 0. The molecule has 0 unspecified atom stereocenters. The molecule has 1 aliphatic heterocycles. The molecule has 1 atom stereocenters. The standard InChI is InChI=1S/C15H12ClN3O2S/c1-10-14(20)19(12-6-4-11(16)5-7-12)15(22-10)18-17-9-13-3-2-8-21-13/h2-10H,1H3/b17-9-,18-15+/t10-/m1/s1. The number of halogens is 1. The molecule has 0 N–H and O–H groups in total. The molecule has 2 aromatic rings. The van der Waals surface area contributed by atoms with Crippen molar-refractivity contribution in [2.45, 2.75) is 12.2 Å². The fraction of sp³-hybridized carbons (Fsp3) is 0.133. The number of amides is 1. The van der Waals surface area contributed by atoms with Crippen LogP contribution in [0.3, 0.4) is 0 Å². The molecule has 5 nitrogen and oxygen atoms in total. The van der Waals surface area contributed by atoms with Gasteiger partial charge >= 0.3 is 0 Å². The van der Waals surface area contributed by atoms with Gasteiger partial charge in [-0.05, 0) is 43.3 Å². The third-order valence-corrected chi connectivity index (χ3v) is 4.28. The Morgan fingerprint density at radius 2 is 2.09 bits per heavy atom. The molecule has 112 valence electrons. The van der Waals surface area contributed by atoms with Gasteiger partial charge in [0, 0.05) is 5.02 Å². The highest BCUT2D eigenvalue weighted by molar-refractivity contribution is 8.16. The van der Waals surface area contributed by atoms with Gasteiger partial charge in [-0.15, -0.1) is 5.10 Å². The van der Waals surface area contributed by atoms with E-state index in [0.717, 1.165) is 5.69 Å². The summed E-state index contributed by atoms with van der Waals surface area (Å²) in [6.45, 7) is 1.84. The van der Waals surface area contributed by atoms with Crippen molar-refractivity contribution in [3.63, 3.8) is 0 Å². The van der Waals surface area contributed by atoms with E-state index in [1.54, 1.807) is 47.6 Å². The summed E-state index contributed by atoms with van der Waals surface area (Å²) in [6, 6.07) is 10.6. The Balaban J connectivity index is 1.88. The molecule has 1 fully saturated rings. The topological polar surface area (TPSA) is 58.2 Å². The van der Waals surface area contributed by atoms with Crippen LogP contribution in [-0.4, -0.2) is 22.5 Å². The molecule has 22 heavy (non-hydrogen) atoms. The zero-order valence-electron chi connectivity index (χ0n) is 11.6. The van der Waals surface area contributed by atoms with E-state index in [1.165, 1.54) is 18.0 Å². The van der Waals surface area contributed by atoms with Crippen LogP contribution in [-0.2, 0) is 4.79 Å². The second-order valence-corrected chi connectivity index (χ2v) is 6.30. The molecule has 0 bridgehead atoms. The number of nitrogens with zero attached hydrogens (tertiary/aromatic N) is 3. The van der Waals surface area contributed by atoms with Crippen molar-refractivity contribution >= 4 is 46.3 Å². The van der Waals surface area contributed by atoms with Gasteiger partial charge in [-0.3, -0.25) is 9.69 Å². The molecule has 2 heterocycles. The lowest BCUT2D eigenvalue weighted by Gasteiger charge is -2.15. The highest BCUT2D eigenvalue weighted by Crippen LogP contribution is 2.32. The largest absolute Gasteiger partial charge is 0.463 e. The third-order valence-electron chi connectivity index (χ3n) is 3.00. The van der Waals surface area contributed by atoms with Gasteiger partial charge in [0.05, 0.1) is 23.4 Å². The highest BCUT2D eigenvalue weighted by atomic mass is 35.5. The van der Waals surface area contributed by atoms with Crippen LogP contribution >= 0.6 is 23.4 Å². The summed E-state index contributed by atoms with van der Waals surface area (Å²) in [6.07, 6.45) is 3.06. The summed E-state index contributed by atoms with van der Waals surface area (Å²) in [5.41, 5.74) is 0.721. The minimum atomic E-state index is -0.201. The van der Waals surface area contributed by atoms with Crippen molar-refractivity contribution in [2.75, 3.05) is 4.90 Å². The van der Waals surface area contributed by atoms with E-state index in [2.05, 4.69) is 10.2 Å². The average molecular weight is 334 g/mol. The van der Waals surface area contributed by atoms with Crippen LogP contribution in [0.15, 0.2) is 57.3 Å². The average Bonchev–Trinajstić information content (AvgIpc) is 3.10. The molecule has 0 aliphatic carbocycles. The van der Waals surface area contributed by atoms with Crippen LogP contribution in [0.25, 0.3) is 0 Å². The van der Waals surface area contributed by atoms with E-state index in [-0.39, 0.29) is 11.2 Å². The number of carbonyl (C=O) groups excluding carboxylic acids is 1. The minimum absolute atomic E-state index is 0.0285. The van der Waals surface area contributed by atoms with Gasteiger partial charge in [0.25, 0.3) is 0 Å². The van der Waals surface area contributed by atoms with E-state index < -0.39 is 0 Å². The minimum Gasteiger partial charge on any atom is -0.463 e. The molecular weight excluding hydrogens is 322 g/mol. The van der Waals surface area contributed by atoms with E-state index in [0.29, 0.717) is 16.0 Å². The van der Waals surface area contributed by atoms with Crippen molar-refractivity contribution < 1.29 is 9.21 Å². The van der Waals surface area contributed by atoms with Crippen LogP contribution in [0.4, 0.5) is 5.69 Å². The maximum absolute atomic E-state index is 12.3. The van der Waals surface area contributed by atoms with Crippen LogP contribution in [0.1, 0.15) is 12.7 Å². The van der Waals surface area contributed by atoms with Gasteiger partial charge in [0.1, 0.15) is 5.76 Å². The first kappa shape index (κ1) is 14.9. The number of thioether (sulfide) groups is 1. The first-order chi connectivity index (χ1) is 10.6. The lowest BCUT2D eigenvalue weighted by atomic mass is 10.3. The van der Waals surface area contributed by atoms with E-state index in [9.17, 15) is 4.79 Å². The monoisotopic (exact) mass is 333 g/mol. The maximum atomic E-state index is 12.3. The van der Waals surface area contributed by atoms with Crippen LogP contribution < -0.4 is 4.90 Å². The summed E-state index contributed by atoms with van der Waals surface area (Å²) in [5.74, 6) is 0.573. The Morgan fingerprint density at radius 3 is 2.77 bits per heavy atom. The number of hydrogen-bond acceptors (Lipinski definition) is 5. The molecule has 0 spiro atoms. The second kappa shape index (κ2) is 6.37. The summed E-state index contributed by atoms with van der Waals surface area (Å²) >= 11 is 7.25. The number of benzene rings is 1. The SMILES string of the molecule is C[C@H]1S/C(=N/N=C\c2ccco2)N(c2ccc(Cl)cc2)C1=O. The molecule has 3 rings (SSSR count). The van der Waals surface area contributed by atoms with Crippen molar-refractivity contribution in [1.29, 1.82) is 0 Å². The fourth-order valence-corrected chi connectivity index (χ4v) is 2.98. The van der Waals surface area contributed by atoms with Crippen molar-refractivity contribution in [2.24, 2.45) is 10.2 Å². The number of rotatable bonds is 3. The number of amidine groups is 1. The second-order valence-electron chi connectivity index (χ2n) is 4.55. The first-order valence-corrected chi connectivity index (χ1v) is 7.81. The third kappa shape index (κ3) is 3.08. The number of furan rings is 1. The molecular formula is C15H12ClN3O2S. The number of carbonyl (C=O) groups is 1. The van der Waals surface area contributed by atoms with E-state index in [4.69, 9.17) is 16.0 Å². The molecule has 1 aromatic carbocycles. The highest BCUT2D eigenvalue weighted by Gasteiger charge is 2.36. The Labute approximate surface area is 136 Å². The van der Waals surface area contributed by atoms with Gasteiger partial charge in [0.15, 0.2) is 5.17 Å². The Morgan fingerprint density at radius 1 is 1.32 bits per heavy atom. The van der Waals surface area contributed by atoms with Gasteiger partial charge in [-0.1, -0.05) is 23.4 Å². The van der Waals surface area contributed by atoms with Crippen LogP contribution in [0.2, 0.25) is 5.02 Å². The quantitative estimate of drug-likeness (QED) is 0.634. The molecule has 0 radical (unpaired) electrons. The van der Waals surface area contributed by atoms with Crippen molar-refractivity contribution in [3.8, 4) is 0 Å². The normalized spacial score (nSPS) is 20.5. The van der Waals surface area contributed by atoms with Crippen molar-refractivity contribution in [3.05, 3.63) is 53.4 Å². The van der Waals surface area contributed by atoms with E-state index >= 15 is 0 Å². The smallest absolute Gasteiger partial charge is 0.246 e. The van der Waals surface area contributed by atoms with E-state index in [1.807, 2.05) is 6.92 Å². The van der Waals surface area contributed by atoms with Crippen molar-refractivity contribution in [1.82, 2.24) is 0 Å². The zero-order valence-corrected chi connectivity index (χ0v) is 13.2. The molecule has 1 aromatic heterocycles. The summed E-state index contributed by atoms with van der Waals surface area (Å²) < 4.78 is 5.14. The van der Waals surface area contributed by atoms with Crippen LogP contribution in [0, 0.1) is 0 Å². The lowest BCUT2D eigenvalue weighted by molar-refractivity contribution is -0.116. The van der Waals surface area contributed by atoms with Gasteiger partial charge in [-0.2, -0.15) is 5.10 Å². The Kier molecular flexibility index (Phi) is 4.31. The number of hydrogen-bond donors (Lipinski definition) is 0. The number of anilines is 1. The summed E-state index contributed by atoms with van der Waals surface area (Å²) in [4.78, 5) is 13.9. The van der Waals surface area contributed by atoms with Crippen LogP contribution in [0.5, 0.6) is 0 Å². The predicted molar refractivity (Wildman–Crippen MR) is 89.7 cm³/mol. The van der Waals surface area contributed by atoms with Gasteiger partial charge < -0.3 is 4.42 Å². The van der Waals surface area contributed by atoms with Gasteiger partial charge in [-0.25, -0.2) is 0 Å². The molecule has 1 aliphatic rings. The molecule has 1 saturated heterocycles. The lowest BCUT2D eigenvalue weighted by Crippen LogP contribution is -2.31. The molecule has 7 heteroatoms. The Hall–Kier alpha value is -2.05. The first-order valence-electron chi connectivity index (χ1n) is 6.56. The maximum Gasteiger partial charge on any atom is 0.246 e. The van der Waals surface area contributed by atoms with Gasteiger partial charge in [0.2, 0.25) is 5.91 Å². The zero-order chi connectivity index (χ0) is 15.5. The molecule has 1 amide bonds. The fourth-order valence-electron chi connectivity index (χ4n) is 1.93. The molecule has 0 saturated carbocycles. The Bertz CT molecular complexity index is 726.